The van der Waals surface area contributed by atoms with Crippen LogP contribution in [0.4, 0.5) is 11.4 Å². The molecule has 11 heteroatoms. The van der Waals surface area contributed by atoms with Gasteiger partial charge in [0.1, 0.15) is 17.8 Å². The van der Waals surface area contributed by atoms with E-state index in [1.807, 2.05) is 50.2 Å². The van der Waals surface area contributed by atoms with Gasteiger partial charge in [0.2, 0.25) is 11.8 Å². The van der Waals surface area contributed by atoms with Crippen LogP contribution in [0.3, 0.4) is 0 Å². The molecule has 3 amide bonds. The van der Waals surface area contributed by atoms with E-state index in [9.17, 15) is 14.4 Å². The fourth-order valence-electron chi connectivity index (χ4n) is 5.02. The molecule has 2 aliphatic heterocycles. The number of methoxy groups -OCH3 is 1. The Labute approximate surface area is 239 Å². The van der Waals surface area contributed by atoms with E-state index >= 15 is 0 Å². The second-order valence-electron chi connectivity index (χ2n) is 10.3. The average Bonchev–Trinajstić information content (AvgIpc) is 3.41. The van der Waals surface area contributed by atoms with Crippen LogP contribution < -0.4 is 21.1 Å². The number of nitrogens with one attached hydrogen (secondary N) is 2. The third kappa shape index (κ3) is 6.89. The molecule has 2 aromatic rings. The van der Waals surface area contributed by atoms with Crippen LogP contribution in [0.15, 0.2) is 52.3 Å². The number of benzene rings is 2. The average molecular weight is 571 g/mol. The monoisotopic (exact) mass is 570 g/mol. The Morgan fingerprint density at radius 3 is 2.62 bits per heavy atom. The zero-order valence-electron chi connectivity index (χ0n) is 23.3. The van der Waals surface area contributed by atoms with Crippen LogP contribution in [0.2, 0.25) is 0 Å². The van der Waals surface area contributed by atoms with E-state index in [0.717, 1.165) is 21.2 Å². The topological polar surface area (TPSA) is 132 Å². The SMILES string of the molecule is CC[C@H](NC(=O)COc1ccc2c(c1)Nc1ccccc1S2)C(=O)N([C@@H](CC(C)C)C(N)=O)[C@H]1CCOC1OC. The van der Waals surface area contributed by atoms with Gasteiger partial charge >= 0.3 is 0 Å². The molecule has 216 valence electrons. The summed E-state index contributed by atoms with van der Waals surface area (Å²) in [5, 5.41) is 6.18. The number of carbonyl (C=O) groups is 3. The zero-order chi connectivity index (χ0) is 28.8. The van der Waals surface area contributed by atoms with E-state index in [-0.39, 0.29) is 12.5 Å². The van der Waals surface area contributed by atoms with Crippen LogP contribution in [0.5, 0.6) is 5.75 Å². The largest absolute Gasteiger partial charge is 0.484 e. The van der Waals surface area contributed by atoms with Gasteiger partial charge in [0.15, 0.2) is 12.9 Å². The van der Waals surface area contributed by atoms with Gasteiger partial charge < -0.3 is 35.5 Å². The van der Waals surface area contributed by atoms with E-state index in [1.54, 1.807) is 18.7 Å². The van der Waals surface area contributed by atoms with Crippen LogP contribution in [-0.2, 0) is 23.9 Å². The summed E-state index contributed by atoms with van der Waals surface area (Å²) < 4.78 is 16.9. The number of ether oxygens (including phenoxy) is 3. The molecule has 0 bridgehead atoms. The Balaban J connectivity index is 1.43. The molecule has 4 atom stereocenters. The zero-order valence-corrected chi connectivity index (χ0v) is 24.2. The lowest BCUT2D eigenvalue weighted by Gasteiger charge is -2.39. The molecule has 1 unspecified atom stereocenters. The van der Waals surface area contributed by atoms with Crippen molar-refractivity contribution in [3.63, 3.8) is 0 Å². The molecule has 10 nitrogen and oxygen atoms in total. The van der Waals surface area contributed by atoms with Gasteiger partial charge in [-0.05, 0) is 49.4 Å². The van der Waals surface area contributed by atoms with Crippen LogP contribution in [0.25, 0.3) is 0 Å². The van der Waals surface area contributed by atoms with Gasteiger partial charge in [-0.2, -0.15) is 0 Å². The first-order valence-electron chi connectivity index (χ1n) is 13.6. The van der Waals surface area contributed by atoms with Gasteiger partial charge in [-0.1, -0.05) is 44.7 Å². The van der Waals surface area contributed by atoms with Gasteiger partial charge in [0.05, 0.1) is 24.0 Å². The van der Waals surface area contributed by atoms with Gasteiger partial charge in [0, 0.05) is 23.0 Å². The highest BCUT2D eigenvalue weighted by Crippen LogP contribution is 2.45. The minimum atomic E-state index is -0.874. The normalized spacial score (nSPS) is 19.1. The van der Waals surface area contributed by atoms with Crippen molar-refractivity contribution in [1.82, 2.24) is 10.2 Å². The van der Waals surface area contributed by atoms with Crippen molar-refractivity contribution in [3.8, 4) is 5.75 Å². The fourth-order valence-corrected chi connectivity index (χ4v) is 5.99. The van der Waals surface area contributed by atoms with Crippen LogP contribution in [0.1, 0.15) is 40.0 Å². The third-order valence-electron chi connectivity index (χ3n) is 6.95. The van der Waals surface area contributed by atoms with E-state index in [4.69, 9.17) is 19.9 Å². The van der Waals surface area contributed by atoms with Crippen molar-refractivity contribution in [2.45, 2.75) is 74.2 Å². The number of hydrogen-bond acceptors (Lipinski definition) is 8. The van der Waals surface area contributed by atoms with Gasteiger partial charge in [-0.25, -0.2) is 0 Å². The summed E-state index contributed by atoms with van der Waals surface area (Å²) in [6.07, 6.45) is 0.516. The predicted molar refractivity (Wildman–Crippen MR) is 152 cm³/mol. The fraction of sp³-hybridized carbons (Fsp3) is 0.483. The summed E-state index contributed by atoms with van der Waals surface area (Å²) in [4.78, 5) is 43.0. The number of carbonyl (C=O) groups excluding carboxylic acids is 3. The summed E-state index contributed by atoms with van der Waals surface area (Å²) in [5.74, 6) is -0.811. The Morgan fingerprint density at radius 2 is 1.93 bits per heavy atom. The highest BCUT2D eigenvalue weighted by atomic mass is 32.2. The number of rotatable bonds is 12. The van der Waals surface area contributed by atoms with E-state index in [2.05, 4.69) is 16.7 Å². The molecular formula is C29H38N4O6S. The predicted octanol–water partition coefficient (Wildman–Crippen LogP) is 3.66. The number of fused-ring (bicyclic) bond motifs is 2. The number of para-hydroxylation sites is 1. The van der Waals surface area contributed by atoms with E-state index in [1.165, 1.54) is 12.0 Å². The highest BCUT2D eigenvalue weighted by Gasteiger charge is 2.43. The smallest absolute Gasteiger partial charge is 0.258 e. The molecule has 0 aromatic heterocycles. The first-order chi connectivity index (χ1) is 19.2. The minimum absolute atomic E-state index is 0.108. The van der Waals surface area contributed by atoms with Crippen molar-refractivity contribution in [3.05, 3.63) is 42.5 Å². The summed E-state index contributed by atoms with van der Waals surface area (Å²) in [6.45, 7) is 5.83. The molecule has 2 aliphatic rings. The summed E-state index contributed by atoms with van der Waals surface area (Å²) >= 11 is 1.66. The lowest BCUT2D eigenvalue weighted by molar-refractivity contribution is -0.159. The van der Waals surface area contributed by atoms with Crippen molar-refractivity contribution in [2.24, 2.45) is 11.7 Å². The first kappa shape index (κ1) is 29.7. The Morgan fingerprint density at radius 1 is 1.18 bits per heavy atom. The van der Waals surface area contributed by atoms with Crippen LogP contribution in [-0.4, -0.2) is 67.4 Å². The van der Waals surface area contributed by atoms with Gasteiger partial charge in [-0.15, -0.1) is 0 Å². The molecule has 0 spiro atoms. The van der Waals surface area contributed by atoms with E-state index in [0.29, 0.717) is 31.6 Å². The molecule has 1 saturated heterocycles. The lowest BCUT2D eigenvalue weighted by Crippen LogP contribution is -2.60. The number of nitrogens with two attached hydrogens (primary N) is 1. The molecular weight excluding hydrogens is 532 g/mol. The van der Waals surface area contributed by atoms with Gasteiger partial charge in [0.25, 0.3) is 5.91 Å². The molecule has 0 radical (unpaired) electrons. The van der Waals surface area contributed by atoms with Crippen LogP contribution >= 0.6 is 11.8 Å². The molecule has 2 heterocycles. The quantitative estimate of drug-likeness (QED) is 0.301. The number of anilines is 2. The van der Waals surface area contributed by atoms with E-state index < -0.39 is 42.1 Å². The molecule has 4 rings (SSSR count). The number of primary amides is 1. The summed E-state index contributed by atoms with van der Waals surface area (Å²) in [7, 11) is 1.50. The number of nitrogens with zero attached hydrogens (tertiary/aromatic N) is 1. The van der Waals surface area contributed by atoms with Crippen molar-refractivity contribution >= 4 is 40.9 Å². The second kappa shape index (κ2) is 13.4. The Kier molecular flexibility index (Phi) is 9.94. The molecule has 0 aliphatic carbocycles. The Bertz CT molecular complexity index is 1220. The number of amides is 3. The standard InChI is InChI=1S/C29H38N4O6S/c1-5-19(28(36)33(22-12-13-38-29(22)37-4)23(27(30)35)14-17(2)3)32-26(34)16-39-18-10-11-25-21(15-18)31-20-8-6-7-9-24(20)40-25/h6-11,15,17,19,22-23,29,31H,5,12-14,16H2,1-4H3,(H2,30,35)(H,32,34)/t19-,22-,23-,29?/m0/s1. The van der Waals surface area contributed by atoms with Crippen molar-refractivity contribution in [2.75, 3.05) is 25.6 Å². The number of hydrogen-bond donors (Lipinski definition) is 3. The minimum Gasteiger partial charge on any atom is -0.484 e. The van der Waals surface area contributed by atoms with Gasteiger partial charge in [-0.3, -0.25) is 14.4 Å². The second-order valence-corrected chi connectivity index (χ2v) is 11.4. The molecule has 40 heavy (non-hydrogen) atoms. The van der Waals surface area contributed by atoms with Crippen molar-refractivity contribution in [1.29, 1.82) is 0 Å². The molecule has 2 aromatic carbocycles. The molecule has 0 saturated carbocycles. The molecule has 1 fully saturated rings. The lowest BCUT2D eigenvalue weighted by atomic mass is 9.98. The van der Waals surface area contributed by atoms with Crippen LogP contribution in [0, 0.1) is 5.92 Å². The molecule has 4 N–H and O–H groups in total. The maximum Gasteiger partial charge on any atom is 0.258 e. The maximum atomic E-state index is 13.9. The summed E-state index contributed by atoms with van der Waals surface area (Å²) in [6, 6.07) is 11.4. The highest BCUT2D eigenvalue weighted by molar-refractivity contribution is 7.99. The third-order valence-corrected chi connectivity index (χ3v) is 8.10. The first-order valence-corrected chi connectivity index (χ1v) is 14.4. The van der Waals surface area contributed by atoms with Crippen molar-refractivity contribution < 1.29 is 28.6 Å². The maximum absolute atomic E-state index is 13.9. The Hall–Kier alpha value is -3.28. The summed E-state index contributed by atoms with van der Waals surface area (Å²) in [5.41, 5.74) is 7.69.